The van der Waals surface area contributed by atoms with E-state index < -0.39 is 0 Å². The van der Waals surface area contributed by atoms with Gasteiger partial charge in [0.1, 0.15) is 0 Å². The van der Waals surface area contributed by atoms with E-state index in [2.05, 4.69) is 19.2 Å². The summed E-state index contributed by atoms with van der Waals surface area (Å²) in [7, 11) is 0. The molecule has 0 heterocycles. The van der Waals surface area contributed by atoms with Crippen LogP contribution in [0, 0.1) is 11.8 Å². The van der Waals surface area contributed by atoms with Gasteiger partial charge in [0.25, 0.3) is 0 Å². The van der Waals surface area contributed by atoms with Crippen molar-refractivity contribution < 1.29 is 0 Å². The SMILES string of the molecule is CC1CCCCC(NC2CCCC(C)CCC2)CCC1. The lowest BCUT2D eigenvalue weighted by atomic mass is 9.89. The first kappa shape index (κ1) is 16.3. The number of nitrogens with one attached hydrogen (secondary N) is 1. The molecule has 1 heteroatoms. The van der Waals surface area contributed by atoms with Crippen molar-refractivity contribution in [3.8, 4) is 0 Å². The van der Waals surface area contributed by atoms with E-state index >= 15 is 0 Å². The molecule has 0 radical (unpaired) electrons. The Balaban J connectivity index is 1.75. The van der Waals surface area contributed by atoms with Gasteiger partial charge >= 0.3 is 0 Å². The van der Waals surface area contributed by atoms with E-state index in [1.54, 1.807) is 0 Å². The van der Waals surface area contributed by atoms with Crippen LogP contribution in [0.3, 0.4) is 0 Å². The summed E-state index contributed by atoms with van der Waals surface area (Å²) in [4.78, 5) is 0. The highest BCUT2D eigenvalue weighted by molar-refractivity contribution is 4.78. The van der Waals surface area contributed by atoms with Crippen LogP contribution in [0.15, 0.2) is 0 Å². The van der Waals surface area contributed by atoms with Crippen molar-refractivity contribution in [3.63, 3.8) is 0 Å². The summed E-state index contributed by atoms with van der Waals surface area (Å²) >= 11 is 0. The van der Waals surface area contributed by atoms with Crippen LogP contribution < -0.4 is 5.32 Å². The topological polar surface area (TPSA) is 12.0 Å². The second kappa shape index (κ2) is 9.07. The molecular formula is C19H37N. The van der Waals surface area contributed by atoms with E-state index in [9.17, 15) is 0 Å². The fourth-order valence-electron chi connectivity index (χ4n) is 4.27. The summed E-state index contributed by atoms with van der Waals surface area (Å²) in [6, 6.07) is 1.65. The van der Waals surface area contributed by atoms with Gasteiger partial charge < -0.3 is 5.32 Å². The van der Waals surface area contributed by atoms with Crippen LogP contribution in [0.4, 0.5) is 0 Å². The monoisotopic (exact) mass is 279 g/mol. The smallest absolute Gasteiger partial charge is 0.00696 e. The maximum atomic E-state index is 4.05. The van der Waals surface area contributed by atoms with Crippen molar-refractivity contribution in [2.45, 2.75) is 109 Å². The Morgan fingerprint density at radius 2 is 0.850 bits per heavy atom. The van der Waals surface area contributed by atoms with Crippen LogP contribution in [-0.2, 0) is 0 Å². The van der Waals surface area contributed by atoms with Crippen molar-refractivity contribution >= 4 is 0 Å². The van der Waals surface area contributed by atoms with Crippen LogP contribution >= 0.6 is 0 Å². The lowest BCUT2D eigenvalue weighted by Crippen LogP contribution is -2.39. The summed E-state index contributed by atoms with van der Waals surface area (Å²) in [5, 5.41) is 4.05. The van der Waals surface area contributed by atoms with Gasteiger partial charge in [0.15, 0.2) is 0 Å². The van der Waals surface area contributed by atoms with Crippen LogP contribution in [0.2, 0.25) is 0 Å². The van der Waals surface area contributed by atoms with Gasteiger partial charge in [0.05, 0.1) is 0 Å². The van der Waals surface area contributed by atoms with Crippen molar-refractivity contribution in [2.75, 3.05) is 0 Å². The Kier molecular flexibility index (Phi) is 7.41. The molecule has 0 saturated heterocycles. The molecule has 0 aromatic rings. The van der Waals surface area contributed by atoms with Crippen molar-refractivity contribution in [1.29, 1.82) is 0 Å². The molecule has 0 amide bonds. The third kappa shape index (κ3) is 6.16. The molecule has 2 atom stereocenters. The molecule has 0 bridgehead atoms. The molecule has 2 fully saturated rings. The Bertz CT molecular complexity index is 240. The zero-order valence-corrected chi connectivity index (χ0v) is 14.0. The van der Waals surface area contributed by atoms with Crippen molar-refractivity contribution in [1.82, 2.24) is 5.32 Å². The summed E-state index contributed by atoms with van der Waals surface area (Å²) < 4.78 is 0. The van der Waals surface area contributed by atoms with E-state index in [0.29, 0.717) is 0 Å². The minimum atomic E-state index is 0.821. The lowest BCUT2D eigenvalue weighted by Gasteiger charge is -2.28. The van der Waals surface area contributed by atoms with E-state index in [1.165, 1.54) is 83.5 Å². The standard InChI is InChI=1S/C19H37N/c1-16-8-3-4-12-18(13-5-9-16)20-19-14-6-10-17(2)11-7-15-19/h16-20H,3-15H2,1-2H3. The van der Waals surface area contributed by atoms with Gasteiger partial charge in [-0.15, -0.1) is 0 Å². The van der Waals surface area contributed by atoms with E-state index in [4.69, 9.17) is 0 Å². The van der Waals surface area contributed by atoms with Crippen LogP contribution in [0.1, 0.15) is 97.3 Å². The van der Waals surface area contributed by atoms with Crippen LogP contribution in [-0.4, -0.2) is 12.1 Å². The second-order valence-corrected chi connectivity index (χ2v) is 7.85. The first-order valence-electron chi connectivity index (χ1n) is 9.50. The molecule has 2 rings (SSSR count). The number of hydrogen-bond donors (Lipinski definition) is 1. The fraction of sp³-hybridized carbons (Fsp3) is 1.00. The molecule has 0 spiro atoms. The maximum absolute atomic E-state index is 4.05. The predicted molar refractivity (Wildman–Crippen MR) is 89.1 cm³/mol. The molecule has 1 nitrogen and oxygen atoms in total. The summed E-state index contributed by atoms with van der Waals surface area (Å²) in [5.41, 5.74) is 0. The Morgan fingerprint density at radius 3 is 1.35 bits per heavy atom. The predicted octanol–water partition coefficient (Wildman–Crippen LogP) is 5.68. The summed E-state index contributed by atoms with van der Waals surface area (Å²) in [5.74, 6) is 1.94. The van der Waals surface area contributed by atoms with Gasteiger partial charge in [-0.3, -0.25) is 0 Å². The summed E-state index contributed by atoms with van der Waals surface area (Å²) in [6.07, 6.45) is 18.8. The molecule has 0 aromatic carbocycles. The first-order valence-corrected chi connectivity index (χ1v) is 9.50. The van der Waals surface area contributed by atoms with Crippen molar-refractivity contribution in [3.05, 3.63) is 0 Å². The first-order chi connectivity index (χ1) is 9.74. The molecular weight excluding hydrogens is 242 g/mol. The second-order valence-electron chi connectivity index (χ2n) is 7.85. The Morgan fingerprint density at radius 1 is 0.500 bits per heavy atom. The van der Waals surface area contributed by atoms with Gasteiger partial charge in [-0.1, -0.05) is 71.6 Å². The summed E-state index contributed by atoms with van der Waals surface area (Å²) in [6.45, 7) is 4.89. The molecule has 2 unspecified atom stereocenters. The molecule has 1 N–H and O–H groups in total. The van der Waals surface area contributed by atoms with Crippen molar-refractivity contribution in [2.24, 2.45) is 11.8 Å². The van der Waals surface area contributed by atoms with Gasteiger partial charge in [-0.2, -0.15) is 0 Å². The largest absolute Gasteiger partial charge is 0.311 e. The van der Waals surface area contributed by atoms with Gasteiger partial charge in [-0.25, -0.2) is 0 Å². The Hall–Kier alpha value is -0.0400. The third-order valence-electron chi connectivity index (χ3n) is 5.72. The molecule has 0 aromatic heterocycles. The highest BCUT2D eigenvalue weighted by Gasteiger charge is 2.19. The fourth-order valence-corrected chi connectivity index (χ4v) is 4.27. The highest BCUT2D eigenvalue weighted by atomic mass is 14.9. The zero-order chi connectivity index (χ0) is 14.2. The minimum Gasteiger partial charge on any atom is -0.311 e. The van der Waals surface area contributed by atoms with E-state index in [0.717, 1.165) is 23.9 Å². The normalized spacial score (nSPS) is 38.1. The van der Waals surface area contributed by atoms with Crippen LogP contribution in [0.25, 0.3) is 0 Å². The zero-order valence-electron chi connectivity index (χ0n) is 14.0. The van der Waals surface area contributed by atoms with Gasteiger partial charge in [0, 0.05) is 12.1 Å². The Labute approximate surface area is 127 Å². The average molecular weight is 280 g/mol. The van der Waals surface area contributed by atoms with Gasteiger partial charge in [-0.05, 0) is 37.5 Å². The third-order valence-corrected chi connectivity index (χ3v) is 5.72. The number of hydrogen-bond acceptors (Lipinski definition) is 1. The highest BCUT2D eigenvalue weighted by Crippen LogP contribution is 2.25. The molecule has 0 aliphatic heterocycles. The van der Waals surface area contributed by atoms with E-state index in [1.807, 2.05) is 0 Å². The minimum absolute atomic E-state index is 0.821. The van der Waals surface area contributed by atoms with Crippen LogP contribution in [0.5, 0.6) is 0 Å². The maximum Gasteiger partial charge on any atom is 0.00696 e. The molecule has 2 aliphatic rings. The molecule has 20 heavy (non-hydrogen) atoms. The lowest BCUT2D eigenvalue weighted by molar-refractivity contribution is 0.302. The quantitative estimate of drug-likeness (QED) is 0.685. The molecule has 118 valence electrons. The van der Waals surface area contributed by atoms with E-state index in [-0.39, 0.29) is 0 Å². The van der Waals surface area contributed by atoms with Gasteiger partial charge in [0.2, 0.25) is 0 Å². The average Bonchev–Trinajstić information content (AvgIpc) is 2.49. The molecule has 2 aliphatic carbocycles. The molecule has 2 saturated carbocycles. The number of rotatable bonds is 2.